The average Bonchev–Trinajstić information content (AvgIpc) is 2.82. The van der Waals surface area contributed by atoms with Crippen LogP contribution in [-0.4, -0.2) is 18.9 Å². The predicted molar refractivity (Wildman–Crippen MR) is 84.4 cm³/mol. The number of halogens is 1. The van der Waals surface area contributed by atoms with Crippen LogP contribution in [0.2, 0.25) is 5.02 Å². The summed E-state index contributed by atoms with van der Waals surface area (Å²) in [5, 5.41) is 2.80. The van der Waals surface area contributed by atoms with Gasteiger partial charge in [0.2, 0.25) is 0 Å². The first kappa shape index (κ1) is 14.4. The molecule has 0 saturated heterocycles. The normalized spacial score (nSPS) is 14.3. The lowest BCUT2D eigenvalue weighted by Crippen LogP contribution is -2.22. The topological polar surface area (TPSA) is 55.4 Å². The molecule has 0 unspecified atom stereocenters. The van der Waals surface area contributed by atoms with E-state index in [2.05, 4.69) is 5.32 Å². The lowest BCUT2D eigenvalue weighted by Gasteiger charge is -2.10. The molecule has 22 heavy (non-hydrogen) atoms. The highest BCUT2D eigenvalue weighted by Crippen LogP contribution is 2.36. The number of ether oxygens (including phenoxy) is 1. The maximum Gasteiger partial charge on any atom is 0.259 e. The van der Waals surface area contributed by atoms with Crippen LogP contribution in [0.15, 0.2) is 48.5 Å². The van der Waals surface area contributed by atoms with Crippen molar-refractivity contribution in [2.75, 3.05) is 7.11 Å². The van der Waals surface area contributed by atoms with Gasteiger partial charge in [0.05, 0.1) is 18.3 Å². The number of hydrogen-bond donors (Lipinski definition) is 1. The van der Waals surface area contributed by atoms with Gasteiger partial charge in [-0.2, -0.15) is 0 Å². The van der Waals surface area contributed by atoms with Gasteiger partial charge in [-0.15, -0.1) is 0 Å². The van der Waals surface area contributed by atoms with E-state index in [-0.39, 0.29) is 5.57 Å². The van der Waals surface area contributed by atoms with E-state index in [1.165, 1.54) is 7.11 Å². The van der Waals surface area contributed by atoms with Crippen molar-refractivity contribution in [3.63, 3.8) is 0 Å². The highest BCUT2D eigenvalue weighted by atomic mass is 35.5. The molecule has 4 nitrogen and oxygen atoms in total. The second kappa shape index (κ2) is 5.66. The Labute approximate surface area is 132 Å². The summed E-state index contributed by atoms with van der Waals surface area (Å²) in [6.45, 7) is 0. The second-order valence-electron chi connectivity index (χ2n) is 4.74. The number of carbonyl (C=O) groups excluding carboxylic acids is 2. The van der Waals surface area contributed by atoms with Gasteiger partial charge in [0.15, 0.2) is 0 Å². The summed E-state index contributed by atoms with van der Waals surface area (Å²) < 4.78 is 5.30. The lowest BCUT2D eigenvalue weighted by atomic mass is 9.96. The average molecular weight is 314 g/mol. The van der Waals surface area contributed by atoms with Gasteiger partial charge in [-0.05, 0) is 23.8 Å². The quantitative estimate of drug-likeness (QED) is 0.886. The smallest absolute Gasteiger partial charge is 0.259 e. The third-order valence-corrected chi connectivity index (χ3v) is 3.66. The molecule has 0 saturated carbocycles. The molecule has 0 radical (unpaired) electrons. The van der Waals surface area contributed by atoms with Crippen LogP contribution < -0.4 is 10.1 Å². The summed E-state index contributed by atoms with van der Waals surface area (Å²) in [6.07, 6.45) is 0. The Kier molecular flexibility index (Phi) is 3.69. The summed E-state index contributed by atoms with van der Waals surface area (Å²) in [4.78, 5) is 24.4. The minimum absolute atomic E-state index is 0.274. The van der Waals surface area contributed by atoms with Crippen molar-refractivity contribution >= 4 is 34.6 Å². The van der Waals surface area contributed by atoms with E-state index in [0.717, 1.165) is 0 Å². The number of carbonyl (C=O) groups is 2. The first-order valence-electron chi connectivity index (χ1n) is 6.61. The Morgan fingerprint density at radius 3 is 2.32 bits per heavy atom. The summed E-state index contributed by atoms with van der Waals surface area (Å²) >= 11 is 6.04. The lowest BCUT2D eigenvalue weighted by molar-refractivity contribution is -0.122. The third kappa shape index (κ3) is 2.38. The van der Waals surface area contributed by atoms with Gasteiger partial charge in [0.1, 0.15) is 5.75 Å². The maximum atomic E-state index is 12.3. The van der Waals surface area contributed by atoms with Crippen LogP contribution in [0, 0.1) is 0 Å². The zero-order valence-corrected chi connectivity index (χ0v) is 12.5. The summed E-state index contributed by atoms with van der Waals surface area (Å²) in [5.74, 6) is -0.393. The molecule has 3 rings (SSSR count). The van der Waals surface area contributed by atoms with Gasteiger partial charge in [-0.3, -0.25) is 14.9 Å². The molecule has 2 aromatic rings. The minimum atomic E-state index is -0.454. The van der Waals surface area contributed by atoms with Gasteiger partial charge < -0.3 is 4.74 Å². The van der Waals surface area contributed by atoms with Crippen LogP contribution in [0.1, 0.15) is 11.1 Å². The predicted octanol–water partition coefficient (Wildman–Crippen LogP) is 2.92. The van der Waals surface area contributed by atoms with Crippen LogP contribution in [-0.2, 0) is 9.59 Å². The zero-order chi connectivity index (χ0) is 15.7. The molecule has 1 aliphatic heterocycles. The highest BCUT2D eigenvalue weighted by Gasteiger charge is 2.33. The van der Waals surface area contributed by atoms with Crippen LogP contribution in [0.25, 0.3) is 11.1 Å². The Bertz CT molecular complexity index is 797. The van der Waals surface area contributed by atoms with Gasteiger partial charge in [-0.1, -0.05) is 41.9 Å². The van der Waals surface area contributed by atoms with Crippen molar-refractivity contribution in [3.8, 4) is 5.75 Å². The number of hydrogen-bond acceptors (Lipinski definition) is 3. The monoisotopic (exact) mass is 313 g/mol. The number of benzene rings is 2. The van der Waals surface area contributed by atoms with Crippen LogP contribution in [0.4, 0.5) is 0 Å². The molecule has 1 heterocycles. The Morgan fingerprint density at radius 1 is 0.955 bits per heavy atom. The third-order valence-electron chi connectivity index (χ3n) is 3.42. The number of rotatable bonds is 3. The number of amides is 2. The maximum absolute atomic E-state index is 12.3. The standard InChI is InChI=1S/C17H12ClNO3/c1-22-13-8-7-11(18)9-12(13)15-14(16(20)19-17(15)21)10-5-3-2-4-6-10/h2-9H,1H3,(H,19,20,21). The molecule has 0 spiro atoms. The first-order chi connectivity index (χ1) is 10.6. The number of methoxy groups -OCH3 is 1. The Balaban J connectivity index is 2.29. The van der Waals surface area contributed by atoms with E-state index in [1.54, 1.807) is 30.3 Å². The van der Waals surface area contributed by atoms with Crippen molar-refractivity contribution in [1.82, 2.24) is 5.32 Å². The number of imide groups is 1. The Morgan fingerprint density at radius 2 is 1.64 bits per heavy atom. The highest BCUT2D eigenvalue weighted by molar-refractivity contribution is 6.49. The largest absolute Gasteiger partial charge is 0.496 e. The molecule has 5 heteroatoms. The summed E-state index contributed by atoms with van der Waals surface area (Å²) in [6, 6.07) is 14.0. The molecule has 2 aromatic carbocycles. The van der Waals surface area contributed by atoms with Crippen molar-refractivity contribution < 1.29 is 14.3 Å². The van der Waals surface area contributed by atoms with Crippen molar-refractivity contribution in [3.05, 3.63) is 64.7 Å². The molecule has 0 fully saturated rings. The molecular weight excluding hydrogens is 302 g/mol. The molecule has 1 N–H and O–H groups in total. The fraction of sp³-hybridized carbons (Fsp3) is 0.0588. The van der Waals surface area contributed by atoms with Crippen LogP contribution >= 0.6 is 11.6 Å². The number of nitrogens with one attached hydrogen (secondary N) is 1. The fourth-order valence-electron chi connectivity index (χ4n) is 2.47. The molecular formula is C17H12ClNO3. The summed E-state index contributed by atoms with van der Waals surface area (Å²) in [7, 11) is 1.50. The molecule has 0 aromatic heterocycles. The van der Waals surface area contributed by atoms with Gasteiger partial charge in [-0.25, -0.2) is 0 Å². The van der Waals surface area contributed by atoms with Gasteiger partial charge >= 0.3 is 0 Å². The SMILES string of the molecule is COc1ccc(Cl)cc1C1=C(c2ccccc2)C(=O)NC1=O. The van der Waals surface area contributed by atoms with E-state index in [9.17, 15) is 9.59 Å². The van der Waals surface area contributed by atoms with E-state index < -0.39 is 11.8 Å². The summed E-state index contributed by atoms with van der Waals surface area (Å²) in [5.41, 5.74) is 1.77. The minimum Gasteiger partial charge on any atom is -0.496 e. The molecule has 0 bridgehead atoms. The van der Waals surface area contributed by atoms with Gasteiger partial charge in [0, 0.05) is 10.6 Å². The van der Waals surface area contributed by atoms with E-state index in [0.29, 0.717) is 27.5 Å². The van der Waals surface area contributed by atoms with Crippen molar-refractivity contribution in [2.45, 2.75) is 0 Å². The molecule has 0 aliphatic carbocycles. The first-order valence-corrected chi connectivity index (χ1v) is 6.99. The molecule has 2 amide bonds. The molecule has 0 atom stereocenters. The van der Waals surface area contributed by atoms with Crippen LogP contribution in [0.3, 0.4) is 0 Å². The van der Waals surface area contributed by atoms with Crippen molar-refractivity contribution in [2.24, 2.45) is 0 Å². The van der Waals surface area contributed by atoms with E-state index in [1.807, 2.05) is 18.2 Å². The molecule has 110 valence electrons. The second-order valence-corrected chi connectivity index (χ2v) is 5.18. The van der Waals surface area contributed by atoms with Crippen molar-refractivity contribution in [1.29, 1.82) is 0 Å². The van der Waals surface area contributed by atoms with E-state index in [4.69, 9.17) is 16.3 Å². The zero-order valence-electron chi connectivity index (χ0n) is 11.7. The van der Waals surface area contributed by atoms with E-state index >= 15 is 0 Å². The van der Waals surface area contributed by atoms with Gasteiger partial charge in [0.25, 0.3) is 11.8 Å². The fourth-order valence-corrected chi connectivity index (χ4v) is 2.64. The molecule has 1 aliphatic rings. The Hall–Kier alpha value is -2.59. The van der Waals surface area contributed by atoms with Crippen LogP contribution in [0.5, 0.6) is 5.75 Å².